The number of aromatic nitrogens is 2. The minimum atomic E-state index is -0.0588. The first kappa shape index (κ1) is 27.0. The number of allylic oxidation sites excluding steroid dienone is 2. The van der Waals surface area contributed by atoms with Crippen LogP contribution in [0.2, 0.25) is 0 Å². The van der Waals surface area contributed by atoms with E-state index in [0.29, 0.717) is 48.5 Å². The summed E-state index contributed by atoms with van der Waals surface area (Å²) in [5.41, 5.74) is 7.86. The van der Waals surface area contributed by atoms with Crippen LogP contribution >= 0.6 is 0 Å². The number of nitriles is 1. The summed E-state index contributed by atoms with van der Waals surface area (Å²) in [6.45, 7) is 11.6. The molecule has 2 heterocycles. The van der Waals surface area contributed by atoms with Crippen molar-refractivity contribution in [2.75, 3.05) is 19.6 Å². The molecule has 0 bridgehead atoms. The van der Waals surface area contributed by atoms with E-state index in [2.05, 4.69) is 46.0 Å². The molecule has 35 heavy (non-hydrogen) atoms. The van der Waals surface area contributed by atoms with Gasteiger partial charge in [-0.25, -0.2) is 0 Å². The second-order valence-electron chi connectivity index (χ2n) is 8.30. The fourth-order valence-electron chi connectivity index (χ4n) is 3.76. The number of benzene rings is 1. The third-order valence-electron chi connectivity index (χ3n) is 5.55. The van der Waals surface area contributed by atoms with Crippen LogP contribution in [0.25, 0.3) is 10.4 Å². The molecular weight excluding hydrogens is 442 g/mol. The Morgan fingerprint density at radius 2 is 2.03 bits per heavy atom. The van der Waals surface area contributed by atoms with Gasteiger partial charge in [-0.3, -0.25) is 14.7 Å². The molecule has 0 radical (unpaired) electrons. The summed E-state index contributed by atoms with van der Waals surface area (Å²) in [7, 11) is 0. The molecule has 4 N–H and O–H groups in total. The number of aromatic amines is 1. The van der Waals surface area contributed by atoms with Crippen LogP contribution in [0.15, 0.2) is 48.7 Å². The monoisotopic (exact) mass is 474 g/mol. The predicted molar refractivity (Wildman–Crippen MR) is 136 cm³/mol. The van der Waals surface area contributed by atoms with Crippen LogP contribution in [-0.2, 0) is 4.79 Å². The number of amides is 2. The Balaban J connectivity index is 0.00000137. The molecule has 9 nitrogen and oxygen atoms in total. The number of H-pyrrole nitrogens is 1. The first-order chi connectivity index (χ1) is 16.9. The Labute approximate surface area is 206 Å². The van der Waals surface area contributed by atoms with Gasteiger partial charge < -0.3 is 16.0 Å². The van der Waals surface area contributed by atoms with Gasteiger partial charge in [0.1, 0.15) is 11.4 Å². The van der Waals surface area contributed by atoms with Crippen molar-refractivity contribution in [1.82, 2.24) is 20.4 Å². The van der Waals surface area contributed by atoms with Crippen molar-refractivity contribution in [2.24, 2.45) is 5.73 Å². The van der Waals surface area contributed by atoms with Crippen molar-refractivity contribution in [2.45, 2.75) is 38.6 Å². The van der Waals surface area contributed by atoms with Gasteiger partial charge in [-0.05, 0) is 53.4 Å². The molecule has 2 aromatic rings. The Bertz CT molecular complexity index is 1110. The molecule has 0 aliphatic carbocycles. The number of nitrogens with two attached hydrogens (primary N) is 1. The van der Waals surface area contributed by atoms with Gasteiger partial charge in [0.2, 0.25) is 6.41 Å². The topological polar surface area (TPSA) is 132 Å². The van der Waals surface area contributed by atoms with Crippen LogP contribution in [0.1, 0.15) is 59.9 Å². The summed E-state index contributed by atoms with van der Waals surface area (Å²) in [6.07, 6.45) is 7.42. The Morgan fingerprint density at radius 1 is 1.37 bits per heavy atom. The molecule has 0 spiro atoms. The Morgan fingerprint density at radius 3 is 2.60 bits per heavy atom. The minimum Gasteiger partial charge on any atom is -0.372 e. The highest BCUT2D eigenvalue weighted by Gasteiger charge is 2.26. The number of nitrogens with one attached hydrogen (secondary N) is 2. The van der Waals surface area contributed by atoms with Gasteiger partial charge in [-0.15, -0.1) is 0 Å². The summed E-state index contributed by atoms with van der Waals surface area (Å²) in [5, 5.41) is 19.4. The number of likely N-dealkylation sites (tertiary alicyclic amines) is 1. The Hall–Kier alpha value is -4.21. The second-order valence-corrected chi connectivity index (χ2v) is 8.30. The smallest absolute Gasteiger partial charge is 0.314 e. The SMILES string of the molecule is C#[N+]/C=C(\C=C/CNC(C)C)c1cc(C(=O)N2CCC(c3ccc(C#N)cc3)CC2)[nH]n1.NC=O. The molecule has 1 fully saturated rings. The fourth-order valence-corrected chi connectivity index (χ4v) is 3.76. The maximum Gasteiger partial charge on any atom is 0.314 e. The van der Waals surface area contributed by atoms with E-state index in [-0.39, 0.29) is 12.3 Å². The maximum atomic E-state index is 13.0. The van der Waals surface area contributed by atoms with E-state index in [1.165, 1.54) is 11.8 Å². The van der Waals surface area contributed by atoms with Gasteiger partial charge in [0, 0.05) is 25.7 Å². The van der Waals surface area contributed by atoms with E-state index >= 15 is 0 Å². The zero-order valence-corrected chi connectivity index (χ0v) is 20.1. The first-order valence-electron chi connectivity index (χ1n) is 11.4. The van der Waals surface area contributed by atoms with Crippen molar-refractivity contribution in [3.8, 4) is 12.6 Å². The summed E-state index contributed by atoms with van der Waals surface area (Å²) >= 11 is 0. The van der Waals surface area contributed by atoms with Gasteiger partial charge in [-0.2, -0.15) is 10.4 Å². The summed E-state index contributed by atoms with van der Waals surface area (Å²) in [4.78, 5) is 27.0. The molecule has 3 rings (SSSR count). The van der Waals surface area contributed by atoms with Crippen molar-refractivity contribution >= 4 is 17.9 Å². The highest BCUT2D eigenvalue weighted by molar-refractivity contribution is 5.93. The van der Waals surface area contributed by atoms with E-state index in [0.717, 1.165) is 18.4 Å². The van der Waals surface area contributed by atoms with E-state index in [1.807, 2.05) is 41.3 Å². The van der Waals surface area contributed by atoms with Crippen LogP contribution in [0.3, 0.4) is 0 Å². The predicted octanol–water partition coefficient (Wildman–Crippen LogP) is 3.26. The first-order valence-corrected chi connectivity index (χ1v) is 11.4. The largest absolute Gasteiger partial charge is 0.372 e. The molecule has 1 aliphatic rings. The third kappa shape index (κ3) is 8.26. The van der Waals surface area contributed by atoms with Crippen LogP contribution in [0.4, 0.5) is 0 Å². The number of primary amides is 1. The molecule has 9 heteroatoms. The second kappa shape index (κ2) is 14.1. The average molecular weight is 475 g/mol. The quantitative estimate of drug-likeness (QED) is 0.419. The number of carbonyl (C=O) groups is 2. The van der Waals surface area contributed by atoms with Crippen molar-refractivity contribution < 1.29 is 9.59 Å². The molecule has 1 aromatic heterocycles. The number of hydrogen-bond acceptors (Lipinski definition) is 5. The zero-order chi connectivity index (χ0) is 25.6. The molecule has 1 aromatic carbocycles. The van der Waals surface area contributed by atoms with Gasteiger partial charge in [0.15, 0.2) is 0 Å². The van der Waals surface area contributed by atoms with Gasteiger partial charge >= 0.3 is 6.20 Å². The molecule has 0 unspecified atom stereocenters. The van der Waals surface area contributed by atoms with E-state index in [9.17, 15) is 4.79 Å². The van der Waals surface area contributed by atoms with Crippen LogP contribution in [0.5, 0.6) is 0 Å². The number of nitrogens with zero attached hydrogens (tertiary/aromatic N) is 4. The number of hydrogen-bond donors (Lipinski definition) is 3. The number of carbonyl (C=O) groups excluding carboxylic acids is 2. The summed E-state index contributed by atoms with van der Waals surface area (Å²) in [6, 6.07) is 12.0. The fraction of sp³-hybridized carbons (Fsp3) is 0.346. The standard InChI is InChI=1S/C25H28N6O.CH3NO/c1-18(2)28-12-4-5-22(17-27-3)23-15-24(30-29-23)25(32)31-13-10-21(11-14-31)20-8-6-19(16-26)7-9-20;2-1-3/h3-9,15,17-18,21,28H,10-14H2,1-2H3;1H,(H2,2,3)/p+1/b5-4-,22-17+;. The van der Waals surface area contributed by atoms with Gasteiger partial charge in [0.25, 0.3) is 12.5 Å². The number of rotatable bonds is 7. The van der Waals surface area contributed by atoms with Crippen molar-refractivity contribution in [3.63, 3.8) is 0 Å². The number of piperidine rings is 1. The van der Waals surface area contributed by atoms with Crippen LogP contribution in [-0.4, -0.2) is 53.1 Å². The van der Waals surface area contributed by atoms with Crippen LogP contribution < -0.4 is 11.1 Å². The Kier molecular flexibility index (Phi) is 10.9. The molecule has 0 atom stereocenters. The molecule has 0 saturated carbocycles. The average Bonchev–Trinajstić information content (AvgIpc) is 3.36. The molecule has 1 saturated heterocycles. The molecule has 2 amide bonds. The van der Waals surface area contributed by atoms with Crippen molar-refractivity contribution in [1.29, 1.82) is 5.26 Å². The summed E-state index contributed by atoms with van der Waals surface area (Å²) in [5.74, 6) is 0.339. The third-order valence-corrected chi connectivity index (χ3v) is 5.55. The normalized spacial score (nSPS) is 14.2. The van der Waals surface area contributed by atoms with E-state index in [4.69, 9.17) is 16.6 Å². The van der Waals surface area contributed by atoms with Gasteiger partial charge in [0.05, 0.1) is 17.2 Å². The molecule has 182 valence electrons. The lowest BCUT2D eigenvalue weighted by Gasteiger charge is -2.32. The zero-order valence-electron chi connectivity index (χ0n) is 20.1. The highest BCUT2D eigenvalue weighted by Crippen LogP contribution is 2.29. The van der Waals surface area contributed by atoms with E-state index < -0.39 is 0 Å². The highest BCUT2D eigenvalue weighted by atomic mass is 16.2. The van der Waals surface area contributed by atoms with Crippen molar-refractivity contribution in [3.05, 3.63) is 76.0 Å². The summed E-state index contributed by atoms with van der Waals surface area (Å²) < 4.78 is 0. The minimum absolute atomic E-state index is 0.0588. The van der Waals surface area contributed by atoms with Gasteiger partial charge in [-0.1, -0.05) is 32.1 Å². The van der Waals surface area contributed by atoms with Crippen LogP contribution in [0, 0.1) is 17.9 Å². The molecule has 1 aliphatic heterocycles. The lowest BCUT2D eigenvalue weighted by atomic mass is 9.89. The maximum absolute atomic E-state index is 13.0. The van der Waals surface area contributed by atoms with E-state index in [1.54, 1.807) is 6.07 Å². The lowest BCUT2D eigenvalue weighted by Crippen LogP contribution is -2.38. The lowest BCUT2D eigenvalue weighted by molar-refractivity contribution is -0.106. The molecular formula is C26H32N7O2+.